The van der Waals surface area contributed by atoms with Crippen LogP contribution in [0.25, 0.3) is 28.3 Å². The molecular formula is C20H13Cl3N4O2. The number of hydrogen-bond acceptors (Lipinski definition) is 4. The lowest BCUT2D eigenvalue weighted by molar-refractivity contribution is -0.114. The third-order valence-electron chi connectivity index (χ3n) is 4.15. The van der Waals surface area contributed by atoms with Crippen molar-refractivity contribution in [3.05, 3.63) is 72.3 Å². The molecule has 2 aromatic carbocycles. The summed E-state index contributed by atoms with van der Waals surface area (Å²) in [7, 11) is 0. The number of imidazole rings is 1. The molecule has 29 heavy (non-hydrogen) atoms. The van der Waals surface area contributed by atoms with Gasteiger partial charge in [-0.05, 0) is 24.3 Å². The van der Waals surface area contributed by atoms with E-state index in [1.54, 1.807) is 42.9 Å². The second-order valence-corrected chi connectivity index (χ2v) is 7.55. The summed E-state index contributed by atoms with van der Waals surface area (Å²) in [6.45, 7) is 0. The Balaban J connectivity index is 1.70. The van der Waals surface area contributed by atoms with Crippen LogP contribution in [0, 0.1) is 0 Å². The van der Waals surface area contributed by atoms with Crippen molar-refractivity contribution in [1.82, 2.24) is 14.7 Å². The lowest BCUT2D eigenvalue weighted by atomic mass is 10.1. The largest absolute Gasteiger partial charge is 0.356 e. The van der Waals surface area contributed by atoms with E-state index in [-0.39, 0.29) is 0 Å². The highest BCUT2D eigenvalue weighted by Gasteiger charge is 2.17. The average Bonchev–Trinajstić information content (AvgIpc) is 3.40. The van der Waals surface area contributed by atoms with Crippen molar-refractivity contribution in [3.63, 3.8) is 0 Å². The van der Waals surface area contributed by atoms with Gasteiger partial charge in [0.2, 0.25) is 0 Å². The number of carbonyl (C=O) groups excluding carboxylic acids is 1. The molecule has 0 aliphatic heterocycles. The highest BCUT2D eigenvalue weighted by Crippen LogP contribution is 2.35. The van der Waals surface area contributed by atoms with E-state index in [9.17, 15) is 4.79 Å². The molecule has 0 fully saturated rings. The third-order valence-corrected chi connectivity index (χ3v) is 4.86. The number of carbonyl (C=O) groups is 1. The lowest BCUT2D eigenvalue weighted by Crippen LogP contribution is -2.18. The SMILES string of the molecule is O=C(Nc1cccc(-c2cc(-c3c(Cl)cccc3-n3ccnc3)no2)c1)C(Cl)Cl. The van der Waals surface area contributed by atoms with Crippen molar-refractivity contribution < 1.29 is 9.32 Å². The predicted molar refractivity (Wildman–Crippen MR) is 114 cm³/mol. The standard InChI is InChI=1S/C20H13Cl3N4O2/c21-14-5-2-6-16(27-8-7-24-11-27)18(14)15-10-17(29-26-15)12-3-1-4-13(9-12)25-20(28)19(22)23/h1-11,19H,(H,25,28). The smallest absolute Gasteiger partial charge is 0.257 e. The highest BCUT2D eigenvalue weighted by molar-refractivity contribution is 6.54. The van der Waals surface area contributed by atoms with Crippen LogP contribution in [0.2, 0.25) is 5.02 Å². The van der Waals surface area contributed by atoms with Crippen LogP contribution in [0.1, 0.15) is 0 Å². The normalized spacial score (nSPS) is 11.0. The molecule has 0 saturated heterocycles. The van der Waals surface area contributed by atoms with Gasteiger partial charge >= 0.3 is 0 Å². The molecule has 4 aromatic rings. The molecule has 0 atom stereocenters. The van der Waals surface area contributed by atoms with Crippen LogP contribution >= 0.6 is 34.8 Å². The zero-order valence-corrected chi connectivity index (χ0v) is 17.0. The second-order valence-electron chi connectivity index (χ2n) is 6.05. The quantitative estimate of drug-likeness (QED) is 0.405. The number of nitrogens with one attached hydrogen (secondary N) is 1. The average molecular weight is 448 g/mol. The van der Waals surface area contributed by atoms with Gasteiger partial charge < -0.3 is 14.4 Å². The van der Waals surface area contributed by atoms with Crippen molar-refractivity contribution >= 4 is 46.4 Å². The fourth-order valence-electron chi connectivity index (χ4n) is 2.86. The van der Waals surface area contributed by atoms with E-state index in [0.717, 1.165) is 16.8 Å². The first-order valence-corrected chi connectivity index (χ1v) is 9.71. The van der Waals surface area contributed by atoms with Gasteiger partial charge in [0, 0.05) is 35.3 Å². The van der Waals surface area contributed by atoms with Crippen LogP contribution in [0.4, 0.5) is 5.69 Å². The molecule has 0 aliphatic carbocycles. The minimum absolute atomic E-state index is 0.509. The van der Waals surface area contributed by atoms with E-state index in [1.807, 2.05) is 29.0 Å². The summed E-state index contributed by atoms with van der Waals surface area (Å²) in [6.07, 6.45) is 5.19. The number of aromatic nitrogens is 3. The molecule has 0 aliphatic rings. The maximum atomic E-state index is 11.7. The summed E-state index contributed by atoms with van der Waals surface area (Å²) in [4.78, 5) is 14.6. The number of nitrogens with zero attached hydrogens (tertiary/aromatic N) is 3. The number of halogens is 3. The Hall–Kier alpha value is -2.80. The maximum Gasteiger partial charge on any atom is 0.257 e. The molecule has 1 amide bonds. The summed E-state index contributed by atoms with van der Waals surface area (Å²) in [5.74, 6) is 0.00526. The molecule has 4 rings (SSSR count). The number of hydrogen-bond donors (Lipinski definition) is 1. The molecule has 2 aromatic heterocycles. The molecule has 6 nitrogen and oxygen atoms in total. The van der Waals surface area contributed by atoms with Crippen LogP contribution in [-0.2, 0) is 4.79 Å². The molecule has 0 radical (unpaired) electrons. The second kappa shape index (κ2) is 8.29. The monoisotopic (exact) mass is 446 g/mol. The van der Waals surface area contributed by atoms with Crippen LogP contribution in [0.3, 0.4) is 0 Å². The first kappa shape index (κ1) is 19.5. The number of alkyl halides is 2. The lowest BCUT2D eigenvalue weighted by Gasteiger charge is -2.09. The molecule has 0 spiro atoms. The van der Waals surface area contributed by atoms with E-state index in [0.29, 0.717) is 22.2 Å². The number of amides is 1. The summed E-state index contributed by atoms with van der Waals surface area (Å²) >= 11 is 17.6. The number of rotatable bonds is 5. The van der Waals surface area contributed by atoms with Crippen molar-refractivity contribution in [2.45, 2.75) is 4.84 Å². The van der Waals surface area contributed by atoms with E-state index in [1.165, 1.54) is 0 Å². The molecule has 146 valence electrons. The molecule has 2 heterocycles. The third kappa shape index (κ3) is 4.15. The highest BCUT2D eigenvalue weighted by atomic mass is 35.5. The summed E-state index contributed by atoms with van der Waals surface area (Å²) in [5.41, 5.74) is 3.38. The zero-order chi connectivity index (χ0) is 20.4. The Morgan fingerprint density at radius 2 is 1.97 bits per heavy atom. The van der Waals surface area contributed by atoms with Gasteiger partial charge in [0.05, 0.1) is 17.0 Å². The molecule has 0 saturated carbocycles. The Morgan fingerprint density at radius 3 is 2.72 bits per heavy atom. The Bertz CT molecular complexity index is 1160. The van der Waals surface area contributed by atoms with Gasteiger partial charge in [-0.2, -0.15) is 0 Å². The predicted octanol–water partition coefficient (Wildman–Crippen LogP) is 5.59. The van der Waals surface area contributed by atoms with E-state index >= 15 is 0 Å². The Labute approximate surface area is 181 Å². The maximum absolute atomic E-state index is 11.7. The molecule has 0 unspecified atom stereocenters. The minimum atomic E-state index is -1.16. The summed E-state index contributed by atoms with van der Waals surface area (Å²) in [5, 5.41) is 7.36. The summed E-state index contributed by atoms with van der Waals surface area (Å²) < 4.78 is 7.39. The molecule has 9 heteroatoms. The van der Waals surface area contributed by atoms with Crippen LogP contribution < -0.4 is 5.32 Å². The number of anilines is 1. The van der Waals surface area contributed by atoms with Gasteiger partial charge in [-0.15, -0.1) is 0 Å². The van der Waals surface area contributed by atoms with E-state index in [4.69, 9.17) is 39.3 Å². The van der Waals surface area contributed by atoms with E-state index in [2.05, 4.69) is 15.5 Å². The van der Waals surface area contributed by atoms with Crippen LogP contribution in [0.5, 0.6) is 0 Å². The van der Waals surface area contributed by atoms with Crippen LogP contribution in [0.15, 0.2) is 71.8 Å². The topological polar surface area (TPSA) is 73.0 Å². The Morgan fingerprint density at radius 1 is 1.14 bits per heavy atom. The van der Waals surface area contributed by atoms with Gasteiger partial charge in [0.25, 0.3) is 5.91 Å². The molecule has 1 N–H and O–H groups in total. The van der Waals surface area contributed by atoms with Gasteiger partial charge in [0.15, 0.2) is 10.6 Å². The minimum Gasteiger partial charge on any atom is -0.356 e. The fourth-order valence-corrected chi connectivity index (χ4v) is 3.23. The van der Waals surface area contributed by atoms with Gasteiger partial charge in [-0.25, -0.2) is 4.98 Å². The van der Waals surface area contributed by atoms with Gasteiger partial charge in [-0.3, -0.25) is 4.79 Å². The summed E-state index contributed by atoms with van der Waals surface area (Å²) in [6, 6.07) is 14.4. The van der Waals surface area contributed by atoms with Crippen molar-refractivity contribution in [2.75, 3.05) is 5.32 Å². The number of benzene rings is 2. The zero-order valence-electron chi connectivity index (χ0n) is 14.7. The molecular weight excluding hydrogens is 435 g/mol. The first-order valence-electron chi connectivity index (χ1n) is 8.46. The van der Waals surface area contributed by atoms with Crippen molar-refractivity contribution in [2.24, 2.45) is 0 Å². The van der Waals surface area contributed by atoms with Crippen molar-refractivity contribution in [3.8, 4) is 28.3 Å². The van der Waals surface area contributed by atoms with E-state index < -0.39 is 10.7 Å². The Kier molecular flexibility index (Phi) is 5.58. The van der Waals surface area contributed by atoms with Crippen molar-refractivity contribution in [1.29, 1.82) is 0 Å². The first-order chi connectivity index (χ1) is 14.0. The van der Waals surface area contributed by atoms with Crippen LogP contribution in [-0.4, -0.2) is 25.5 Å². The fraction of sp³-hybridized carbons (Fsp3) is 0.0500. The molecule has 0 bridgehead atoms. The van der Waals surface area contributed by atoms with Gasteiger partial charge in [0.1, 0.15) is 5.69 Å². The van der Waals surface area contributed by atoms with Gasteiger partial charge in [-0.1, -0.05) is 58.2 Å².